The Labute approximate surface area is 168 Å². The molecule has 0 saturated carbocycles. The Morgan fingerprint density at radius 2 is 2.00 bits per heavy atom. The largest absolute Gasteiger partial charge is 0.494 e. The second-order valence-electron chi connectivity index (χ2n) is 7.35. The highest BCUT2D eigenvalue weighted by Gasteiger charge is 2.13. The molecule has 1 aliphatic heterocycles. The van der Waals surface area contributed by atoms with E-state index in [1.54, 1.807) is 0 Å². The van der Waals surface area contributed by atoms with Crippen LogP contribution in [0, 0.1) is 0 Å². The maximum absolute atomic E-state index is 12.1. The van der Waals surface area contributed by atoms with E-state index in [9.17, 15) is 4.79 Å². The number of hydrogen-bond acceptors (Lipinski definition) is 3. The molecule has 2 aromatic carbocycles. The second-order valence-corrected chi connectivity index (χ2v) is 7.35. The summed E-state index contributed by atoms with van der Waals surface area (Å²) in [5.41, 5.74) is 4.78. The van der Waals surface area contributed by atoms with Crippen molar-refractivity contribution in [1.82, 2.24) is 5.32 Å². The van der Waals surface area contributed by atoms with Crippen molar-refractivity contribution in [2.24, 2.45) is 0 Å². The van der Waals surface area contributed by atoms with Gasteiger partial charge in [-0.1, -0.05) is 25.5 Å². The fourth-order valence-corrected chi connectivity index (χ4v) is 3.46. The third-order valence-corrected chi connectivity index (χ3v) is 5.07. The molecule has 0 spiro atoms. The summed E-state index contributed by atoms with van der Waals surface area (Å²) in [6, 6.07) is 14.0. The quantitative estimate of drug-likeness (QED) is 0.657. The van der Waals surface area contributed by atoms with Crippen LogP contribution in [0.3, 0.4) is 0 Å². The molecule has 0 atom stereocenters. The average Bonchev–Trinajstić information content (AvgIpc) is 2.70. The molecule has 3 rings (SSSR count). The summed E-state index contributed by atoms with van der Waals surface area (Å²) in [5.74, 6) is 0.831. The molecule has 1 heterocycles. The number of rotatable bonds is 8. The molecule has 0 saturated heterocycles. The predicted molar refractivity (Wildman–Crippen MR) is 116 cm³/mol. The molecule has 0 aromatic heterocycles. The average molecular weight is 382 g/mol. The lowest BCUT2D eigenvalue weighted by molar-refractivity contribution is 0.252. The molecule has 2 aromatic rings. The van der Waals surface area contributed by atoms with Crippen LogP contribution in [0.25, 0.3) is 0 Å². The zero-order valence-electron chi connectivity index (χ0n) is 17.0. The van der Waals surface area contributed by atoms with E-state index in [2.05, 4.69) is 47.7 Å². The summed E-state index contributed by atoms with van der Waals surface area (Å²) in [5, 5.41) is 5.80. The standard InChI is InChI=1S/C23H31N3O2/c1-3-4-16-28-21-10-8-20(9-11-21)25-23(27)24-14-13-18-7-12-22-19(17-18)6-5-15-26(22)2/h7-12,17H,3-6,13-16H2,1-2H3,(H2,24,25,27). The van der Waals surface area contributed by atoms with E-state index in [0.29, 0.717) is 6.54 Å². The Hall–Kier alpha value is -2.69. The number of aryl methyl sites for hydroxylation is 1. The van der Waals surface area contributed by atoms with E-state index < -0.39 is 0 Å². The molecule has 0 aliphatic carbocycles. The van der Waals surface area contributed by atoms with Crippen molar-refractivity contribution < 1.29 is 9.53 Å². The van der Waals surface area contributed by atoms with Gasteiger partial charge < -0.3 is 20.3 Å². The van der Waals surface area contributed by atoms with Gasteiger partial charge in [0.2, 0.25) is 0 Å². The second kappa shape index (κ2) is 10.0. The number of amides is 2. The Kier molecular flexibility index (Phi) is 7.18. The van der Waals surface area contributed by atoms with E-state index in [1.165, 1.54) is 23.2 Å². The molecule has 2 N–H and O–H groups in total. The van der Waals surface area contributed by atoms with Crippen LogP contribution in [0.5, 0.6) is 5.75 Å². The molecule has 5 heteroatoms. The van der Waals surface area contributed by atoms with Gasteiger partial charge in [0.05, 0.1) is 6.61 Å². The minimum atomic E-state index is -0.183. The van der Waals surface area contributed by atoms with Crippen molar-refractivity contribution in [1.29, 1.82) is 0 Å². The van der Waals surface area contributed by atoms with Gasteiger partial charge in [-0.15, -0.1) is 0 Å². The van der Waals surface area contributed by atoms with Crippen molar-refractivity contribution in [3.63, 3.8) is 0 Å². The van der Waals surface area contributed by atoms with Gasteiger partial charge in [-0.3, -0.25) is 0 Å². The lowest BCUT2D eigenvalue weighted by atomic mass is 9.98. The molecule has 0 unspecified atom stereocenters. The fourth-order valence-electron chi connectivity index (χ4n) is 3.46. The summed E-state index contributed by atoms with van der Waals surface area (Å²) in [6.07, 6.45) is 5.33. The molecule has 2 amide bonds. The summed E-state index contributed by atoms with van der Waals surface area (Å²) in [4.78, 5) is 14.4. The number of anilines is 2. The van der Waals surface area contributed by atoms with Crippen LogP contribution < -0.4 is 20.3 Å². The van der Waals surface area contributed by atoms with E-state index in [4.69, 9.17) is 4.74 Å². The molecule has 0 bridgehead atoms. The summed E-state index contributed by atoms with van der Waals surface area (Å²) in [6.45, 7) is 4.60. The number of carbonyl (C=O) groups is 1. The zero-order chi connectivity index (χ0) is 19.8. The normalized spacial score (nSPS) is 13.0. The van der Waals surface area contributed by atoms with Gasteiger partial charge in [0.15, 0.2) is 0 Å². The number of hydrogen-bond donors (Lipinski definition) is 2. The number of ether oxygens (including phenoxy) is 1. The van der Waals surface area contributed by atoms with Gasteiger partial charge in [-0.25, -0.2) is 4.79 Å². The zero-order valence-corrected chi connectivity index (χ0v) is 17.0. The van der Waals surface area contributed by atoms with Crippen molar-refractivity contribution in [2.45, 2.75) is 39.0 Å². The monoisotopic (exact) mass is 381 g/mol. The maximum atomic E-state index is 12.1. The predicted octanol–water partition coefficient (Wildman–Crippen LogP) is 4.61. The van der Waals surface area contributed by atoms with Gasteiger partial charge in [-0.2, -0.15) is 0 Å². The Morgan fingerprint density at radius 1 is 1.18 bits per heavy atom. The van der Waals surface area contributed by atoms with Crippen LogP contribution >= 0.6 is 0 Å². The van der Waals surface area contributed by atoms with Gasteiger partial charge in [0.25, 0.3) is 0 Å². The highest BCUT2D eigenvalue weighted by Crippen LogP contribution is 2.26. The lowest BCUT2D eigenvalue weighted by Crippen LogP contribution is -2.30. The van der Waals surface area contributed by atoms with Gasteiger partial charge >= 0.3 is 6.03 Å². The number of fused-ring (bicyclic) bond motifs is 1. The van der Waals surface area contributed by atoms with Crippen LogP contribution in [-0.2, 0) is 12.8 Å². The highest BCUT2D eigenvalue weighted by molar-refractivity contribution is 5.89. The number of nitrogens with one attached hydrogen (secondary N) is 2. The Bertz CT molecular complexity index is 774. The first-order chi connectivity index (χ1) is 13.7. The van der Waals surface area contributed by atoms with Crippen LogP contribution in [0.2, 0.25) is 0 Å². The van der Waals surface area contributed by atoms with Crippen LogP contribution in [0.1, 0.15) is 37.3 Å². The molecule has 0 radical (unpaired) electrons. The van der Waals surface area contributed by atoms with Crippen LogP contribution in [-0.4, -0.2) is 32.8 Å². The van der Waals surface area contributed by atoms with Gasteiger partial charge in [-0.05, 0) is 67.1 Å². The fraction of sp³-hybridized carbons (Fsp3) is 0.435. The minimum Gasteiger partial charge on any atom is -0.494 e. The van der Waals surface area contributed by atoms with Crippen molar-refractivity contribution in [3.8, 4) is 5.75 Å². The topological polar surface area (TPSA) is 53.6 Å². The first-order valence-corrected chi connectivity index (χ1v) is 10.3. The maximum Gasteiger partial charge on any atom is 0.319 e. The number of benzene rings is 2. The smallest absolute Gasteiger partial charge is 0.319 e. The van der Waals surface area contributed by atoms with Crippen molar-refractivity contribution >= 4 is 17.4 Å². The van der Waals surface area contributed by atoms with Gasteiger partial charge in [0.1, 0.15) is 5.75 Å². The first kappa shape index (κ1) is 20.1. The van der Waals surface area contributed by atoms with Crippen molar-refractivity contribution in [3.05, 3.63) is 53.6 Å². The molecule has 1 aliphatic rings. The van der Waals surface area contributed by atoms with Crippen LogP contribution in [0.15, 0.2) is 42.5 Å². The first-order valence-electron chi connectivity index (χ1n) is 10.3. The van der Waals surface area contributed by atoms with E-state index in [-0.39, 0.29) is 6.03 Å². The molecular formula is C23H31N3O2. The number of nitrogens with zero attached hydrogens (tertiary/aromatic N) is 1. The summed E-state index contributed by atoms with van der Waals surface area (Å²) < 4.78 is 5.64. The number of unbranched alkanes of at least 4 members (excludes halogenated alkanes) is 1. The SMILES string of the molecule is CCCCOc1ccc(NC(=O)NCCc2ccc3c(c2)CCCN3C)cc1. The van der Waals surface area contributed by atoms with Crippen LogP contribution in [0.4, 0.5) is 16.2 Å². The van der Waals surface area contributed by atoms with Gasteiger partial charge in [0, 0.05) is 31.5 Å². The van der Waals surface area contributed by atoms with E-state index >= 15 is 0 Å². The number of carbonyl (C=O) groups excluding carboxylic acids is 1. The molecule has 150 valence electrons. The van der Waals surface area contributed by atoms with E-state index in [0.717, 1.165) is 50.3 Å². The summed E-state index contributed by atoms with van der Waals surface area (Å²) >= 11 is 0. The van der Waals surface area contributed by atoms with Crippen molar-refractivity contribution in [2.75, 3.05) is 37.0 Å². The molecular weight excluding hydrogens is 350 g/mol. The van der Waals surface area contributed by atoms with E-state index in [1.807, 2.05) is 24.3 Å². The highest BCUT2D eigenvalue weighted by atomic mass is 16.5. The third-order valence-electron chi connectivity index (χ3n) is 5.07. The lowest BCUT2D eigenvalue weighted by Gasteiger charge is -2.27. The number of urea groups is 1. The third kappa shape index (κ3) is 5.65. The minimum absolute atomic E-state index is 0.183. The molecule has 28 heavy (non-hydrogen) atoms. The molecule has 5 nitrogen and oxygen atoms in total. The molecule has 0 fully saturated rings. The Balaban J connectivity index is 1.42. The Morgan fingerprint density at radius 3 is 2.79 bits per heavy atom. The summed E-state index contributed by atoms with van der Waals surface area (Å²) in [7, 11) is 2.15.